The fourth-order valence-corrected chi connectivity index (χ4v) is 3.28. The van der Waals surface area contributed by atoms with Crippen molar-refractivity contribution in [2.75, 3.05) is 19.8 Å². The molecule has 18 heavy (non-hydrogen) atoms. The first kappa shape index (κ1) is 13.8. The summed E-state index contributed by atoms with van der Waals surface area (Å²) in [5.74, 6) is -1.22. The smallest absolute Gasteiger partial charge is 0.342 e. The van der Waals surface area contributed by atoms with Crippen LogP contribution >= 0.6 is 27.7 Å². The molecule has 1 heterocycles. The second kappa shape index (κ2) is 6.04. The van der Waals surface area contributed by atoms with Gasteiger partial charge in [0, 0.05) is 9.37 Å². The first-order chi connectivity index (χ1) is 8.63. The quantitative estimate of drug-likeness (QED) is 0.792. The van der Waals surface area contributed by atoms with E-state index in [1.165, 1.54) is 6.07 Å². The van der Waals surface area contributed by atoms with Crippen molar-refractivity contribution in [3.05, 3.63) is 28.0 Å². The molecule has 0 aliphatic carbocycles. The second-order valence-corrected chi connectivity index (χ2v) is 5.87. The van der Waals surface area contributed by atoms with Crippen LogP contribution in [0.1, 0.15) is 17.3 Å². The van der Waals surface area contributed by atoms with E-state index in [-0.39, 0.29) is 12.2 Å². The molecule has 1 aromatic rings. The zero-order chi connectivity index (χ0) is 13.1. The zero-order valence-corrected chi connectivity index (χ0v) is 12.1. The average molecular weight is 335 g/mol. The lowest BCUT2D eigenvalue weighted by Gasteiger charge is -2.25. The van der Waals surface area contributed by atoms with Crippen molar-refractivity contribution in [2.24, 2.45) is 0 Å². The minimum absolute atomic E-state index is 0.0397. The minimum atomic E-state index is -0.644. The predicted molar refractivity (Wildman–Crippen MR) is 70.5 cm³/mol. The van der Waals surface area contributed by atoms with Crippen molar-refractivity contribution in [3.63, 3.8) is 0 Å². The van der Waals surface area contributed by atoms with Crippen molar-refractivity contribution in [3.8, 4) is 0 Å². The highest BCUT2D eigenvalue weighted by molar-refractivity contribution is 9.10. The third-order valence-electron chi connectivity index (χ3n) is 2.44. The van der Waals surface area contributed by atoms with E-state index in [1.807, 2.05) is 0 Å². The first-order valence-electron chi connectivity index (χ1n) is 5.53. The number of carbonyl (C=O) groups is 1. The van der Waals surface area contributed by atoms with Crippen LogP contribution in [0.15, 0.2) is 21.5 Å². The second-order valence-electron chi connectivity index (χ2n) is 3.73. The Morgan fingerprint density at radius 2 is 2.33 bits per heavy atom. The lowest BCUT2D eigenvalue weighted by molar-refractivity contribution is 0.0455. The molecule has 0 atom stereocenters. The average Bonchev–Trinajstić information content (AvgIpc) is 2.26. The molecule has 0 bridgehead atoms. The van der Waals surface area contributed by atoms with Crippen molar-refractivity contribution in [1.29, 1.82) is 0 Å². The van der Waals surface area contributed by atoms with Gasteiger partial charge in [0.1, 0.15) is 11.4 Å². The molecular weight excluding hydrogens is 323 g/mol. The summed E-state index contributed by atoms with van der Waals surface area (Å²) in [6.45, 7) is 3.28. The summed E-state index contributed by atoms with van der Waals surface area (Å²) in [5, 5.41) is 0.363. The van der Waals surface area contributed by atoms with Crippen LogP contribution in [0.4, 0.5) is 4.39 Å². The highest BCUT2D eigenvalue weighted by atomic mass is 79.9. The summed E-state index contributed by atoms with van der Waals surface area (Å²) >= 11 is 4.85. The normalized spacial score (nSPS) is 15.3. The Hall–Kier alpha value is -0.590. The van der Waals surface area contributed by atoms with Gasteiger partial charge in [0.2, 0.25) is 0 Å². The van der Waals surface area contributed by atoms with Gasteiger partial charge in [-0.3, -0.25) is 0 Å². The van der Waals surface area contributed by atoms with E-state index in [9.17, 15) is 9.18 Å². The Balaban J connectivity index is 2.26. The maximum absolute atomic E-state index is 13.7. The van der Waals surface area contributed by atoms with Crippen molar-refractivity contribution < 1.29 is 18.7 Å². The Bertz CT molecular complexity index is 463. The molecule has 0 spiro atoms. The van der Waals surface area contributed by atoms with Gasteiger partial charge in [0.25, 0.3) is 0 Å². The van der Waals surface area contributed by atoms with Crippen LogP contribution in [0.3, 0.4) is 0 Å². The van der Waals surface area contributed by atoms with E-state index in [2.05, 4.69) is 15.9 Å². The Labute approximate surface area is 117 Å². The molecule has 1 aliphatic rings. The third kappa shape index (κ3) is 2.87. The maximum atomic E-state index is 13.7. The predicted octanol–water partition coefficient (Wildman–Crippen LogP) is 3.26. The highest BCUT2D eigenvalue weighted by Crippen LogP contribution is 2.36. The molecule has 0 aromatic heterocycles. The number of carbonyl (C=O) groups excluding carboxylic acids is 1. The van der Waals surface area contributed by atoms with Gasteiger partial charge >= 0.3 is 5.97 Å². The molecule has 3 nitrogen and oxygen atoms in total. The number of hydrogen-bond donors (Lipinski definition) is 0. The van der Waals surface area contributed by atoms with Crippen LogP contribution in [-0.4, -0.2) is 31.0 Å². The number of hydrogen-bond acceptors (Lipinski definition) is 4. The summed E-state index contributed by atoms with van der Waals surface area (Å²) < 4.78 is 24.1. The van der Waals surface area contributed by atoms with Crippen LogP contribution in [0, 0.1) is 5.82 Å². The van der Waals surface area contributed by atoms with Gasteiger partial charge in [-0.1, -0.05) is 0 Å². The van der Waals surface area contributed by atoms with Gasteiger partial charge in [-0.25, -0.2) is 9.18 Å². The van der Waals surface area contributed by atoms with Gasteiger partial charge in [0.05, 0.1) is 25.1 Å². The van der Waals surface area contributed by atoms with E-state index in [4.69, 9.17) is 9.47 Å². The van der Waals surface area contributed by atoms with E-state index in [0.29, 0.717) is 22.9 Å². The zero-order valence-electron chi connectivity index (χ0n) is 9.74. The summed E-state index contributed by atoms with van der Waals surface area (Å²) in [4.78, 5) is 12.5. The molecule has 0 unspecified atom stereocenters. The molecule has 6 heteroatoms. The third-order valence-corrected chi connectivity index (χ3v) is 4.72. The van der Waals surface area contributed by atoms with Gasteiger partial charge in [-0.2, -0.15) is 0 Å². The number of thioether (sulfide) groups is 1. The fraction of sp³-hybridized carbons (Fsp3) is 0.417. The van der Waals surface area contributed by atoms with Gasteiger partial charge < -0.3 is 9.47 Å². The number of ether oxygens (including phenoxy) is 2. The van der Waals surface area contributed by atoms with Gasteiger partial charge in [-0.15, -0.1) is 11.8 Å². The van der Waals surface area contributed by atoms with E-state index in [1.54, 1.807) is 24.8 Å². The number of esters is 1. The summed E-state index contributed by atoms with van der Waals surface area (Å²) in [6.07, 6.45) is 0. The van der Waals surface area contributed by atoms with E-state index < -0.39 is 11.8 Å². The summed E-state index contributed by atoms with van der Waals surface area (Å²) in [7, 11) is 0. The fourth-order valence-electron chi connectivity index (χ4n) is 1.48. The largest absolute Gasteiger partial charge is 0.462 e. The maximum Gasteiger partial charge on any atom is 0.342 e. The van der Waals surface area contributed by atoms with E-state index >= 15 is 0 Å². The monoisotopic (exact) mass is 334 g/mol. The SMILES string of the molecule is CCOC(=O)c1c(F)ccc(SC2COC2)c1Br. The van der Waals surface area contributed by atoms with Crippen LogP contribution in [0.25, 0.3) is 0 Å². The molecule has 1 aromatic carbocycles. The number of rotatable bonds is 4. The van der Waals surface area contributed by atoms with Gasteiger partial charge in [0.15, 0.2) is 0 Å². The minimum Gasteiger partial charge on any atom is -0.462 e. The first-order valence-corrected chi connectivity index (χ1v) is 7.20. The topological polar surface area (TPSA) is 35.5 Å². The van der Waals surface area contributed by atoms with E-state index in [0.717, 1.165) is 4.90 Å². The molecule has 1 aliphatic heterocycles. The molecule has 2 rings (SSSR count). The lowest BCUT2D eigenvalue weighted by atomic mass is 10.2. The van der Waals surface area contributed by atoms with Crippen LogP contribution < -0.4 is 0 Å². The van der Waals surface area contributed by atoms with Crippen molar-refractivity contribution in [1.82, 2.24) is 0 Å². The van der Waals surface area contributed by atoms with Crippen molar-refractivity contribution >= 4 is 33.7 Å². The molecule has 98 valence electrons. The van der Waals surface area contributed by atoms with Crippen LogP contribution in [0.5, 0.6) is 0 Å². The Morgan fingerprint density at radius 1 is 1.61 bits per heavy atom. The molecule has 0 radical (unpaired) electrons. The highest BCUT2D eigenvalue weighted by Gasteiger charge is 2.24. The lowest BCUT2D eigenvalue weighted by Crippen LogP contribution is -2.30. The Morgan fingerprint density at radius 3 is 2.89 bits per heavy atom. The number of halogens is 2. The molecule has 0 saturated carbocycles. The number of benzene rings is 1. The molecule has 1 saturated heterocycles. The Kier molecular flexibility index (Phi) is 4.64. The van der Waals surface area contributed by atoms with Crippen LogP contribution in [0.2, 0.25) is 0 Å². The summed E-state index contributed by atoms with van der Waals surface area (Å²) in [6, 6.07) is 2.95. The molecular formula is C12H12BrFO3S. The molecule has 0 N–H and O–H groups in total. The molecule has 0 amide bonds. The molecule has 1 fully saturated rings. The van der Waals surface area contributed by atoms with Crippen molar-refractivity contribution in [2.45, 2.75) is 17.1 Å². The standard InChI is InChI=1S/C12H12BrFO3S/c1-2-17-12(15)10-8(14)3-4-9(11(10)13)18-7-5-16-6-7/h3-4,7H,2,5-6H2,1H3. The van der Waals surface area contributed by atoms with Gasteiger partial charge in [-0.05, 0) is 35.0 Å². The van der Waals surface area contributed by atoms with Crippen LogP contribution in [-0.2, 0) is 9.47 Å². The summed E-state index contributed by atoms with van der Waals surface area (Å²) in [5.41, 5.74) is -0.0397.